The van der Waals surface area contributed by atoms with Gasteiger partial charge in [-0.15, -0.1) is 0 Å². The first-order valence-corrected chi connectivity index (χ1v) is 10.8. The number of allylic oxidation sites excluding steroid dienone is 3. The van der Waals surface area contributed by atoms with Gasteiger partial charge in [-0.3, -0.25) is 5.32 Å². The molecule has 0 aliphatic carbocycles. The van der Waals surface area contributed by atoms with E-state index < -0.39 is 6.23 Å². The molecule has 3 nitrogen and oxygen atoms in total. The summed E-state index contributed by atoms with van der Waals surface area (Å²) in [5.74, 6) is 0. The highest BCUT2D eigenvalue weighted by molar-refractivity contribution is 5.55. The summed E-state index contributed by atoms with van der Waals surface area (Å²) in [6, 6.07) is 16.7. The highest BCUT2D eigenvalue weighted by Crippen LogP contribution is 2.26. The van der Waals surface area contributed by atoms with E-state index in [0.29, 0.717) is 0 Å². The Morgan fingerprint density at radius 2 is 1.50 bits per heavy atom. The number of rotatable bonds is 7. The molecule has 0 heterocycles. The van der Waals surface area contributed by atoms with Crippen LogP contribution in [0.2, 0.25) is 0 Å². The lowest BCUT2D eigenvalue weighted by molar-refractivity contribution is -0.0269. The van der Waals surface area contributed by atoms with Crippen LogP contribution in [0.5, 0.6) is 0 Å². The molecule has 0 aliphatic rings. The van der Waals surface area contributed by atoms with Crippen LogP contribution < -0.4 is 11.1 Å². The Kier molecular flexibility index (Phi) is 10.8. The van der Waals surface area contributed by atoms with Crippen molar-refractivity contribution in [1.29, 1.82) is 0 Å². The summed E-state index contributed by atoms with van der Waals surface area (Å²) in [7, 11) is 1.88. The Morgan fingerprint density at radius 3 is 1.97 bits per heavy atom. The van der Waals surface area contributed by atoms with Gasteiger partial charge in [0.25, 0.3) is 0 Å². The Hall–Kier alpha value is -2.20. The third-order valence-corrected chi connectivity index (χ3v) is 4.71. The van der Waals surface area contributed by atoms with E-state index in [-0.39, 0.29) is 11.6 Å². The van der Waals surface area contributed by atoms with Crippen molar-refractivity contribution in [3.8, 4) is 0 Å². The Balaban J connectivity index is 0.00000218. The second kappa shape index (κ2) is 12.5. The highest BCUT2D eigenvalue weighted by Gasteiger charge is 2.18. The molecule has 0 saturated heterocycles. The molecule has 0 saturated carbocycles. The van der Waals surface area contributed by atoms with Crippen molar-refractivity contribution in [3.63, 3.8) is 0 Å². The lowest BCUT2D eigenvalue weighted by atomic mass is 9.86. The van der Waals surface area contributed by atoms with Gasteiger partial charge in [0.2, 0.25) is 0 Å². The molecule has 0 bridgehead atoms. The van der Waals surface area contributed by atoms with Crippen molar-refractivity contribution >= 4 is 6.08 Å². The van der Waals surface area contributed by atoms with Gasteiger partial charge in [-0.05, 0) is 48.6 Å². The van der Waals surface area contributed by atoms with E-state index in [2.05, 4.69) is 81.6 Å². The number of hydrogen-bond donors (Lipinski definition) is 2. The van der Waals surface area contributed by atoms with Crippen molar-refractivity contribution in [3.05, 3.63) is 88.5 Å². The first-order valence-electron chi connectivity index (χ1n) is 10.8. The van der Waals surface area contributed by atoms with Crippen LogP contribution in [0.4, 0.5) is 0 Å². The predicted molar refractivity (Wildman–Crippen MR) is 131 cm³/mol. The zero-order valence-electron chi connectivity index (χ0n) is 20.0. The number of benzene rings is 2. The van der Waals surface area contributed by atoms with E-state index in [1.54, 1.807) is 0 Å². The molecule has 2 aromatic carbocycles. The average Bonchev–Trinajstić information content (AvgIpc) is 2.73. The molecule has 2 unspecified atom stereocenters. The molecule has 2 atom stereocenters. The van der Waals surface area contributed by atoms with Crippen LogP contribution in [0.25, 0.3) is 6.08 Å². The summed E-state index contributed by atoms with van der Waals surface area (Å²) in [6.45, 7) is 14.7. The van der Waals surface area contributed by atoms with Gasteiger partial charge >= 0.3 is 0 Å². The van der Waals surface area contributed by atoms with Crippen LogP contribution in [0.15, 0.2) is 66.3 Å². The summed E-state index contributed by atoms with van der Waals surface area (Å²) in [5, 5.41) is 3.21. The van der Waals surface area contributed by atoms with Gasteiger partial charge in [-0.2, -0.15) is 0 Å². The molecule has 0 aromatic heterocycles. The predicted octanol–water partition coefficient (Wildman–Crippen LogP) is 6.88. The number of nitrogens with two attached hydrogens (primary N) is 1. The maximum absolute atomic E-state index is 6.32. The quantitative estimate of drug-likeness (QED) is 0.388. The van der Waals surface area contributed by atoms with Crippen molar-refractivity contribution in [2.24, 2.45) is 5.73 Å². The lowest BCUT2D eigenvalue weighted by Crippen LogP contribution is -2.26. The number of ether oxygens (including phenoxy) is 1. The van der Waals surface area contributed by atoms with Crippen LogP contribution in [0.3, 0.4) is 0 Å². The minimum Gasteiger partial charge on any atom is -0.337 e. The normalized spacial score (nSPS) is 14.2. The smallest absolute Gasteiger partial charge is 0.136 e. The fourth-order valence-corrected chi connectivity index (χ4v) is 3.05. The van der Waals surface area contributed by atoms with E-state index >= 15 is 0 Å². The van der Waals surface area contributed by atoms with Gasteiger partial charge in [-0.25, -0.2) is 0 Å². The topological polar surface area (TPSA) is 47.3 Å². The minimum absolute atomic E-state index is 0.131. The fraction of sp³-hybridized carbons (Fsp3) is 0.407. The molecule has 2 aromatic rings. The molecule has 2 rings (SSSR count). The van der Waals surface area contributed by atoms with Crippen LogP contribution >= 0.6 is 0 Å². The number of nitrogens with one attached hydrogen (secondary N) is 1. The van der Waals surface area contributed by atoms with Crippen molar-refractivity contribution in [2.45, 2.75) is 66.3 Å². The van der Waals surface area contributed by atoms with Gasteiger partial charge < -0.3 is 10.5 Å². The second-order valence-corrected chi connectivity index (χ2v) is 8.15. The molecule has 0 amide bonds. The van der Waals surface area contributed by atoms with Gasteiger partial charge in [0, 0.05) is 0 Å². The van der Waals surface area contributed by atoms with Crippen molar-refractivity contribution in [2.75, 3.05) is 7.05 Å². The lowest BCUT2D eigenvalue weighted by Gasteiger charge is -2.24. The summed E-state index contributed by atoms with van der Waals surface area (Å²) >= 11 is 0. The van der Waals surface area contributed by atoms with Crippen LogP contribution in [0.1, 0.15) is 83.2 Å². The van der Waals surface area contributed by atoms with Crippen molar-refractivity contribution in [1.82, 2.24) is 5.32 Å². The van der Waals surface area contributed by atoms with E-state index in [4.69, 9.17) is 10.5 Å². The molecule has 0 spiro atoms. The van der Waals surface area contributed by atoms with Gasteiger partial charge in [-0.1, -0.05) is 107 Å². The zero-order chi connectivity index (χ0) is 22.7. The molecular formula is C27H40N2O. The van der Waals surface area contributed by atoms with Crippen LogP contribution in [0, 0.1) is 0 Å². The van der Waals surface area contributed by atoms with Gasteiger partial charge in [0.15, 0.2) is 0 Å². The SMILES string of the molecule is C/C=C\C(C)=C/c1ccc(C(N)OC(NC)c2ccc(C(C)(C)C)cc2)cc1.CC. The van der Waals surface area contributed by atoms with E-state index in [1.165, 1.54) is 11.1 Å². The third-order valence-electron chi connectivity index (χ3n) is 4.71. The first kappa shape index (κ1) is 25.8. The van der Waals surface area contributed by atoms with Crippen molar-refractivity contribution < 1.29 is 4.74 Å². The van der Waals surface area contributed by atoms with Gasteiger partial charge in [0.05, 0.1) is 0 Å². The average molecular weight is 409 g/mol. The molecule has 3 heteroatoms. The summed E-state index contributed by atoms with van der Waals surface area (Å²) in [5.41, 5.74) is 12.1. The fourth-order valence-electron chi connectivity index (χ4n) is 3.05. The number of hydrogen-bond acceptors (Lipinski definition) is 3. The maximum atomic E-state index is 6.32. The monoisotopic (exact) mass is 408 g/mol. The summed E-state index contributed by atoms with van der Waals surface area (Å²) in [4.78, 5) is 0. The first-order chi connectivity index (χ1) is 14.2. The Labute approximate surface area is 184 Å². The molecule has 164 valence electrons. The van der Waals surface area contributed by atoms with Crippen LogP contribution in [-0.4, -0.2) is 7.05 Å². The summed E-state index contributed by atoms with van der Waals surface area (Å²) < 4.78 is 6.10. The van der Waals surface area contributed by atoms with E-state index in [9.17, 15) is 0 Å². The van der Waals surface area contributed by atoms with E-state index in [0.717, 1.165) is 16.7 Å². The standard InChI is InChI=1S/C25H34N2O.C2H6/c1-7-8-18(2)17-19-9-11-20(12-10-19)23(26)28-24(27-6)21-13-15-22(16-14-21)25(3,4)5;1-2/h7-17,23-24,27H,26H2,1-6H3;1-2H3/b8-7-,18-17-;. The maximum Gasteiger partial charge on any atom is 0.136 e. The molecule has 3 N–H and O–H groups in total. The highest BCUT2D eigenvalue weighted by atomic mass is 16.5. The molecule has 30 heavy (non-hydrogen) atoms. The third kappa shape index (κ3) is 7.91. The Bertz CT molecular complexity index is 796. The second-order valence-electron chi connectivity index (χ2n) is 8.15. The Morgan fingerprint density at radius 1 is 0.967 bits per heavy atom. The molecule has 0 aliphatic heterocycles. The minimum atomic E-state index is -0.505. The summed E-state index contributed by atoms with van der Waals surface area (Å²) in [6.07, 6.45) is 5.50. The largest absolute Gasteiger partial charge is 0.337 e. The van der Waals surface area contributed by atoms with Gasteiger partial charge in [0.1, 0.15) is 12.5 Å². The molecule has 0 fully saturated rings. The molecular weight excluding hydrogens is 368 g/mol. The van der Waals surface area contributed by atoms with E-state index in [1.807, 2.05) is 46.0 Å². The van der Waals surface area contributed by atoms with Crippen LogP contribution in [-0.2, 0) is 10.2 Å². The molecule has 0 radical (unpaired) electrons. The zero-order valence-corrected chi connectivity index (χ0v) is 20.0.